The second-order valence-electron chi connectivity index (χ2n) is 8.93. The van der Waals surface area contributed by atoms with Gasteiger partial charge in [-0.05, 0) is 0 Å². The number of allylic oxidation sites excluding steroid dienone is 2. The normalized spacial score (nSPS) is 11.2. The van der Waals surface area contributed by atoms with E-state index in [-0.39, 0.29) is 43.1 Å². The number of rotatable bonds is 14. The van der Waals surface area contributed by atoms with Crippen LogP contribution in [0.15, 0.2) is 110 Å². The van der Waals surface area contributed by atoms with Gasteiger partial charge in [-0.25, -0.2) is 0 Å². The van der Waals surface area contributed by atoms with Crippen molar-refractivity contribution in [1.82, 2.24) is 0 Å². The molecule has 0 radical (unpaired) electrons. The van der Waals surface area contributed by atoms with Gasteiger partial charge < -0.3 is 0 Å². The van der Waals surface area contributed by atoms with Crippen molar-refractivity contribution in [2.75, 3.05) is 0 Å². The third-order valence-electron chi connectivity index (χ3n) is 5.53. The van der Waals surface area contributed by atoms with Gasteiger partial charge in [0.05, 0.1) is 0 Å². The quantitative estimate of drug-likeness (QED) is 0.0619. The van der Waals surface area contributed by atoms with Crippen LogP contribution < -0.4 is 18.4 Å². The third kappa shape index (κ3) is 11.9. The SMILES string of the molecule is O=C(OCc1ccc(OC=CC[Se]c2cc(F)cc(F)c2)cc1)OCc1ccc(OC=CC[Se]c2cc(F)cc(F)c2)cc1. The second kappa shape index (κ2) is 17.3. The van der Waals surface area contributed by atoms with Crippen molar-refractivity contribution in [2.45, 2.75) is 23.9 Å². The number of ether oxygens (including phenoxy) is 4. The zero-order valence-electron chi connectivity index (χ0n) is 23.1. The van der Waals surface area contributed by atoms with E-state index in [2.05, 4.69) is 0 Å². The van der Waals surface area contributed by atoms with E-state index in [0.29, 0.717) is 31.1 Å². The topological polar surface area (TPSA) is 54.0 Å². The third-order valence-corrected chi connectivity index (χ3v) is 9.42. The summed E-state index contributed by atoms with van der Waals surface area (Å²) in [5, 5.41) is 1.23. The fourth-order valence-corrected chi connectivity index (χ4v) is 6.68. The van der Waals surface area contributed by atoms with Crippen LogP contribution in [0, 0.1) is 23.3 Å². The van der Waals surface area contributed by atoms with Crippen LogP contribution in [0.1, 0.15) is 11.1 Å². The molecule has 0 N–H and O–H groups in total. The molecule has 4 aromatic carbocycles. The van der Waals surface area contributed by atoms with Gasteiger partial charge in [-0.2, -0.15) is 0 Å². The summed E-state index contributed by atoms with van der Waals surface area (Å²) in [4.78, 5) is 12.0. The molecule has 0 amide bonds. The summed E-state index contributed by atoms with van der Waals surface area (Å²) in [5.41, 5.74) is 1.49. The van der Waals surface area contributed by atoms with Gasteiger partial charge in [-0.1, -0.05) is 0 Å². The Labute approximate surface area is 264 Å². The fraction of sp³-hybridized carbons (Fsp3) is 0.121. The van der Waals surface area contributed by atoms with E-state index in [1.165, 1.54) is 36.8 Å². The first-order valence-corrected chi connectivity index (χ1v) is 17.2. The molecule has 4 aromatic rings. The van der Waals surface area contributed by atoms with E-state index in [4.69, 9.17) is 18.9 Å². The molecule has 0 aliphatic heterocycles. The zero-order chi connectivity index (χ0) is 31.1. The summed E-state index contributed by atoms with van der Waals surface area (Å²) < 4.78 is 75.7. The van der Waals surface area contributed by atoms with Crippen molar-refractivity contribution in [3.8, 4) is 11.5 Å². The van der Waals surface area contributed by atoms with E-state index >= 15 is 0 Å². The molecule has 0 atom stereocenters. The zero-order valence-corrected chi connectivity index (χ0v) is 26.5. The van der Waals surface area contributed by atoms with Crippen molar-refractivity contribution in [2.24, 2.45) is 0 Å². The summed E-state index contributed by atoms with van der Waals surface area (Å²) in [6, 6.07) is 21.0. The van der Waals surface area contributed by atoms with E-state index in [0.717, 1.165) is 23.3 Å². The average molecular weight is 736 g/mol. The Balaban J connectivity index is 1.09. The summed E-state index contributed by atoms with van der Waals surface area (Å²) >= 11 is -0.235. The van der Waals surface area contributed by atoms with Gasteiger partial charge in [0.15, 0.2) is 0 Å². The molecule has 228 valence electrons. The molecule has 4 rings (SSSR count). The first-order valence-electron chi connectivity index (χ1n) is 13.1. The van der Waals surface area contributed by atoms with E-state index < -0.39 is 29.4 Å². The minimum absolute atomic E-state index is 0.0240. The summed E-state index contributed by atoms with van der Waals surface area (Å²) in [6.07, 6.45) is 5.82. The number of hydrogen-bond acceptors (Lipinski definition) is 5. The number of hydrogen-bond donors (Lipinski definition) is 0. The molecule has 0 aliphatic carbocycles. The van der Waals surface area contributed by atoms with Crippen LogP contribution in [0.5, 0.6) is 11.5 Å². The number of halogens is 4. The van der Waals surface area contributed by atoms with Crippen molar-refractivity contribution in [3.05, 3.63) is 144 Å². The van der Waals surface area contributed by atoms with Crippen LogP contribution in [0.3, 0.4) is 0 Å². The molecule has 11 heteroatoms. The Kier molecular flexibility index (Phi) is 13.0. The van der Waals surface area contributed by atoms with Crippen LogP contribution >= 0.6 is 0 Å². The van der Waals surface area contributed by atoms with Gasteiger partial charge >= 0.3 is 266 Å². The molecule has 0 fully saturated rings. The van der Waals surface area contributed by atoms with Crippen molar-refractivity contribution >= 4 is 45.0 Å². The standard InChI is InChI=1S/C33H26F4O5Se2/c34-25-15-26(35)18-31(17-25)43-13-1-11-39-29-7-3-23(4-8-29)21-41-33(38)42-22-24-5-9-30(10-6-24)40-12-2-14-44-32-19-27(36)16-28(37)20-32/h1-12,15-20H,13-14,21-22H2. The summed E-state index contributed by atoms with van der Waals surface area (Å²) in [7, 11) is 0. The summed E-state index contributed by atoms with van der Waals surface area (Å²) in [5.74, 6) is -1.16. The van der Waals surface area contributed by atoms with E-state index in [1.807, 2.05) is 0 Å². The molecular weight excluding hydrogens is 710 g/mol. The van der Waals surface area contributed by atoms with Crippen LogP contribution in [-0.4, -0.2) is 36.1 Å². The fourth-order valence-electron chi connectivity index (χ4n) is 3.50. The maximum atomic E-state index is 13.2. The number of carbonyl (C=O) groups is 1. The molecule has 5 nitrogen and oxygen atoms in total. The van der Waals surface area contributed by atoms with Gasteiger partial charge in [0.25, 0.3) is 0 Å². The van der Waals surface area contributed by atoms with Gasteiger partial charge in [0.1, 0.15) is 0 Å². The van der Waals surface area contributed by atoms with Gasteiger partial charge in [-0.15, -0.1) is 0 Å². The molecule has 0 unspecified atom stereocenters. The number of benzene rings is 4. The Bertz CT molecular complexity index is 1420. The molecule has 0 aromatic heterocycles. The van der Waals surface area contributed by atoms with Crippen molar-refractivity contribution < 1.29 is 41.3 Å². The van der Waals surface area contributed by atoms with Crippen LogP contribution in [-0.2, 0) is 22.7 Å². The van der Waals surface area contributed by atoms with Gasteiger partial charge in [-0.3, -0.25) is 0 Å². The van der Waals surface area contributed by atoms with Crippen molar-refractivity contribution in [3.63, 3.8) is 0 Å². The first-order chi connectivity index (χ1) is 21.3. The molecule has 0 spiro atoms. The van der Waals surface area contributed by atoms with Crippen molar-refractivity contribution in [1.29, 1.82) is 0 Å². The Hall–Kier alpha value is -4.01. The van der Waals surface area contributed by atoms with E-state index in [9.17, 15) is 22.4 Å². The molecule has 0 heterocycles. The second-order valence-corrected chi connectivity index (χ2v) is 13.5. The van der Waals surface area contributed by atoms with E-state index in [1.54, 1.807) is 60.7 Å². The maximum absolute atomic E-state index is 13.2. The Morgan fingerprint density at radius 2 is 0.932 bits per heavy atom. The molecular formula is C33H26F4O5Se2. The summed E-state index contributed by atoms with van der Waals surface area (Å²) in [6.45, 7) is 0.0481. The van der Waals surface area contributed by atoms with Crippen LogP contribution in [0.25, 0.3) is 0 Å². The number of carbonyl (C=O) groups excluding carboxylic acids is 1. The average Bonchev–Trinajstić information content (AvgIpc) is 2.99. The monoisotopic (exact) mass is 738 g/mol. The predicted octanol–water partition coefficient (Wildman–Crippen LogP) is 6.78. The predicted molar refractivity (Wildman–Crippen MR) is 160 cm³/mol. The first kappa shape index (κ1) is 32.9. The van der Waals surface area contributed by atoms with Crippen LogP contribution in [0.4, 0.5) is 22.4 Å². The molecule has 0 saturated heterocycles. The Morgan fingerprint density at radius 1 is 0.568 bits per heavy atom. The minimum atomic E-state index is -0.809. The van der Waals surface area contributed by atoms with Gasteiger partial charge in [0.2, 0.25) is 0 Å². The van der Waals surface area contributed by atoms with Crippen LogP contribution in [0.2, 0.25) is 10.6 Å². The van der Waals surface area contributed by atoms with Gasteiger partial charge in [0, 0.05) is 0 Å². The molecule has 0 aliphatic rings. The Morgan fingerprint density at radius 3 is 1.30 bits per heavy atom. The molecule has 0 saturated carbocycles. The molecule has 44 heavy (non-hydrogen) atoms. The molecule has 0 bridgehead atoms.